The molecule has 0 radical (unpaired) electrons. The average Bonchev–Trinajstić information content (AvgIpc) is 2.62. The Morgan fingerprint density at radius 1 is 1.31 bits per heavy atom. The maximum absolute atomic E-state index is 4.36. The number of nitrogens with one attached hydrogen (secondary N) is 1. The molecule has 0 aliphatic carbocycles. The van der Waals surface area contributed by atoms with E-state index >= 15 is 0 Å². The van der Waals surface area contributed by atoms with Crippen LogP contribution in [0.3, 0.4) is 0 Å². The minimum Gasteiger partial charge on any atom is -0.320 e. The molecule has 86 valence electrons. The second-order valence-electron chi connectivity index (χ2n) is 4.00. The van der Waals surface area contributed by atoms with Crippen LogP contribution < -0.4 is 5.32 Å². The Kier molecular flexibility index (Phi) is 3.14. The fraction of sp³-hybridized carbons (Fsp3) is 0.545. The van der Waals surface area contributed by atoms with Gasteiger partial charge in [-0.25, -0.2) is 4.98 Å². The first-order valence-corrected chi connectivity index (χ1v) is 5.55. The van der Waals surface area contributed by atoms with Gasteiger partial charge in [0.2, 0.25) is 0 Å². The number of fused-ring (bicyclic) bond motifs is 1. The SMILES string of the molecule is CNCCCc1nnc2nc(C)cc(C)n12. The first kappa shape index (κ1) is 11.0. The van der Waals surface area contributed by atoms with E-state index in [-0.39, 0.29) is 0 Å². The normalized spacial score (nSPS) is 11.2. The molecule has 0 bridgehead atoms. The van der Waals surface area contributed by atoms with Crippen LogP contribution in [0.1, 0.15) is 23.6 Å². The van der Waals surface area contributed by atoms with Crippen LogP contribution in [-0.4, -0.2) is 33.2 Å². The van der Waals surface area contributed by atoms with Crippen LogP contribution in [0.5, 0.6) is 0 Å². The quantitative estimate of drug-likeness (QED) is 0.776. The number of rotatable bonds is 4. The zero-order chi connectivity index (χ0) is 11.5. The van der Waals surface area contributed by atoms with Crippen molar-refractivity contribution in [3.05, 3.63) is 23.3 Å². The van der Waals surface area contributed by atoms with Gasteiger partial charge in [-0.1, -0.05) is 0 Å². The van der Waals surface area contributed by atoms with Gasteiger partial charge >= 0.3 is 0 Å². The summed E-state index contributed by atoms with van der Waals surface area (Å²) in [5, 5.41) is 11.4. The van der Waals surface area contributed by atoms with Gasteiger partial charge in [-0.05, 0) is 39.9 Å². The third-order valence-corrected chi connectivity index (χ3v) is 2.59. The van der Waals surface area contributed by atoms with Crippen molar-refractivity contribution >= 4 is 5.78 Å². The molecule has 2 heterocycles. The van der Waals surface area contributed by atoms with Gasteiger partial charge < -0.3 is 5.32 Å². The van der Waals surface area contributed by atoms with Crippen molar-refractivity contribution in [2.45, 2.75) is 26.7 Å². The molecule has 0 saturated carbocycles. The van der Waals surface area contributed by atoms with Gasteiger partial charge in [-0.15, -0.1) is 10.2 Å². The van der Waals surface area contributed by atoms with Gasteiger partial charge in [0.05, 0.1) is 0 Å². The van der Waals surface area contributed by atoms with E-state index in [2.05, 4.69) is 33.5 Å². The van der Waals surface area contributed by atoms with E-state index in [4.69, 9.17) is 0 Å². The summed E-state index contributed by atoms with van der Waals surface area (Å²) in [4.78, 5) is 4.36. The number of aryl methyl sites for hydroxylation is 3. The van der Waals surface area contributed by atoms with E-state index in [0.29, 0.717) is 5.78 Å². The maximum atomic E-state index is 4.36. The molecule has 2 rings (SSSR count). The molecule has 0 amide bonds. The van der Waals surface area contributed by atoms with E-state index in [1.165, 1.54) is 0 Å². The minimum absolute atomic E-state index is 0.706. The molecule has 0 aliphatic rings. The van der Waals surface area contributed by atoms with Gasteiger partial charge in [-0.3, -0.25) is 4.40 Å². The van der Waals surface area contributed by atoms with Crippen molar-refractivity contribution in [1.29, 1.82) is 0 Å². The lowest BCUT2D eigenvalue weighted by molar-refractivity contribution is 0.695. The molecule has 2 aromatic rings. The van der Waals surface area contributed by atoms with Gasteiger partial charge in [0.25, 0.3) is 5.78 Å². The second-order valence-corrected chi connectivity index (χ2v) is 4.00. The molecular weight excluding hydrogens is 202 g/mol. The van der Waals surface area contributed by atoms with Crippen molar-refractivity contribution < 1.29 is 0 Å². The Balaban J connectivity index is 2.33. The van der Waals surface area contributed by atoms with E-state index < -0.39 is 0 Å². The molecule has 0 spiro atoms. The summed E-state index contributed by atoms with van der Waals surface area (Å²) >= 11 is 0. The molecule has 0 unspecified atom stereocenters. The Morgan fingerprint density at radius 3 is 2.88 bits per heavy atom. The van der Waals surface area contributed by atoms with Gasteiger partial charge in [0.1, 0.15) is 5.82 Å². The Morgan fingerprint density at radius 2 is 2.12 bits per heavy atom. The zero-order valence-corrected chi connectivity index (χ0v) is 9.99. The number of aromatic nitrogens is 4. The lowest BCUT2D eigenvalue weighted by Gasteiger charge is -2.04. The van der Waals surface area contributed by atoms with Crippen LogP contribution in [0.4, 0.5) is 0 Å². The van der Waals surface area contributed by atoms with Crippen molar-refractivity contribution in [3.8, 4) is 0 Å². The van der Waals surface area contributed by atoms with Crippen LogP contribution >= 0.6 is 0 Å². The largest absolute Gasteiger partial charge is 0.320 e. The van der Waals surface area contributed by atoms with Gasteiger partial charge in [0, 0.05) is 17.8 Å². The first-order valence-electron chi connectivity index (χ1n) is 5.55. The average molecular weight is 219 g/mol. The first-order chi connectivity index (χ1) is 7.72. The van der Waals surface area contributed by atoms with E-state index in [9.17, 15) is 0 Å². The van der Waals surface area contributed by atoms with Crippen molar-refractivity contribution in [1.82, 2.24) is 24.9 Å². The molecule has 16 heavy (non-hydrogen) atoms. The Hall–Kier alpha value is -1.49. The molecule has 0 aliphatic heterocycles. The molecule has 2 aromatic heterocycles. The van der Waals surface area contributed by atoms with Gasteiger partial charge in [-0.2, -0.15) is 0 Å². The summed E-state index contributed by atoms with van der Waals surface area (Å²) in [5.41, 5.74) is 2.13. The monoisotopic (exact) mass is 219 g/mol. The molecule has 1 N–H and O–H groups in total. The Labute approximate surface area is 94.9 Å². The number of hydrogen-bond acceptors (Lipinski definition) is 4. The highest BCUT2D eigenvalue weighted by atomic mass is 15.3. The summed E-state index contributed by atoms with van der Waals surface area (Å²) in [5.74, 6) is 1.70. The predicted octanol–water partition coefficient (Wildman–Crippen LogP) is 0.893. The number of nitrogens with zero attached hydrogens (tertiary/aromatic N) is 4. The lowest BCUT2D eigenvalue weighted by Crippen LogP contribution is -2.10. The van der Waals surface area contributed by atoms with Crippen molar-refractivity contribution in [2.75, 3.05) is 13.6 Å². The van der Waals surface area contributed by atoms with Crippen LogP contribution in [0.25, 0.3) is 5.78 Å². The molecule has 0 fully saturated rings. The number of hydrogen-bond donors (Lipinski definition) is 1. The third-order valence-electron chi connectivity index (χ3n) is 2.59. The highest BCUT2D eigenvalue weighted by molar-refractivity contribution is 5.32. The lowest BCUT2D eigenvalue weighted by atomic mass is 10.3. The molecule has 0 atom stereocenters. The van der Waals surface area contributed by atoms with E-state index in [0.717, 1.165) is 36.6 Å². The Bertz CT molecular complexity index is 488. The summed E-state index contributed by atoms with van der Waals surface area (Å²) < 4.78 is 2.03. The van der Waals surface area contributed by atoms with Crippen molar-refractivity contribution in [3.63, 3.8) is 0 Å². The van der Waals surface area contributed by atoms with E-state index in [1.807, 2.05) is 18.4 Å². The minimum atomic E-state index is 0.706. The molecule has 5 heteroatoms. The maximum Gasteiger partial charge on any atom is 0.255 e. The highest BCUT2D eigenvalue weighted by Crippen LogP contribution is 2.09. The summed E-state index contributed by atoms with van der Waals surface area (Å²) in [7, 11) is 1.96. The fourth-order valence-corrected chi connectivity index (χ4v) is 1.88. The highest BCUT2D eigenvalue weighted by Gasteiger charge is 2.08. The summed E-state index contributed by atoms with van der Waals surface area (Å²) in [6.45, 7) is 5.03. The molecule has 5 nitrogen and oxygen atoms in total. The van der Waals surface area contributed by atoms with Gasteiger partial charge in [0.15, 0.2) is 0 Å². The fourth-order valence-electron chi connectivity index (χ4n) is 1.88. The van der Waals surface area contributed by atoms with Crippen LogP contribution in [0, 0.1) is 13.8 Å². The van der Waals surface area contributed by atoms with Crippen LogP contribution in [0.15, 0.2) is 6.07 Å². The standard InChI is InChI=1S/C11H17N5/c1-8-7-9(2)16-10(5-4-6-12-3)14-15-11(16)13-8/h7,12H,4-6H2,1-3H3. The smallest absolute Gasteiger partial charge is 0.255 e. The van der Waals surface area contributed by atoms with Crippen LogP contribution in [0.2, 0.25) is 0 Å². The molecular formula is C11H17N5. The zero-order valence-electron chi connectivity index (χ0n) is 9.99. The molecule has 0 saturated heterocycles. The van der Waals surface area contributed by atoms with E-state index in [1.54, 1.807) is 0 Å². The summed E-state index contributed by atoms with van der Waals surface area (Å²) in [6.07, 6.45) is 1.98. The summed E-state index contributed by atoms with van der Waals surface area (Å²) in [6, 6.07) is 2.05. The second kappa shape index (κ2) is 4.57. The molecule has 0 aromatic carbocycles. The third kappa shape index (κ3) is 2.04. The predicted molar refractivity (Wildman–Crippen MR) is 62.5 cm³/mol. The topological polar surface area (TPSA) is 55.1 Å². The van der Waals surface area contributed by atoms with Crippen molar-refractivity contribution in [2.24, 2.45) is 0 Å². The van der Waals surface area contributed by atoms with Crippen LogP contribution in [-0.2, 0) is 6.42 Å².